The largest absolute Gasteiger partial charge is 0.348 e. The molecule has 8 heteroatoms. The lowest BCUT2D eigenvalue weighted by molar-refractivity contribution is 0.0950. The van der Waals surface area contributed by atoms with Gasteiger partial charge in [0.1, 0.15) is 0 Å². The zero-order valence-corrected chi connectivity index (χ0v) is 19.8. The van der Waals surface area contributed by atoms with Gasteiger partial charge >= 0.3 is 0 Å². The molecule has 3 aromatic rings. The van der Waals surface area contributed by atoms with E-state index in [2.05, 4.69) is 24.3 Å². The van der Waals surface area contributed by atoms with Crippen molar-refractivity contribution < 1.29 is 13.2 Å². The molecule has 0 saturated carbocycles. The minimum Gasteiger partial charge on any atom is -0.348 e. The van der Waals surface area contributed by atoms with E-state index in [1.54, 1.807) is 28.7 Å². The Balaban J connectivity index is 1.43. The van der Waals surface area contributed by atoms with Crippen LogP contribution in [0, 0.1) is 11.8 Å². The molecule has 2 aromatic carbocycles. The Morgan fingerprint density at radius 3 is 2.48 bits per heavy atom. The molecular weight excluding hydrogens is 436 g/mol. The van der Waals surface area contributed by atoms with Crippen molar-refractivity contribution >= 4 is 15.9 Å². The number of amides is 1. The van der Waals surface area contributed by atoms with Gasteiger partial charge in [-0.15, -0.1) is 0 Å². The maximum atomic E-state index is 13.2. The highest BCUT2D eigenvalue weighted by atomic mass is 32.2. The lowest BCUT2D eigenvalue weighted by Gasteiger charge is -2.34. The van der Waals surface area contributed by atoms with Crippen molar-refractivity contribution in [2.75, 3.05) is 13.1 Å². The standard InChI is InChI=1S/C25H30N4O3S/c1-19-12-20(2)17-29(16-19)33(31,32)24-9-4-8-23(14-24)25(30)26-15-21-6-3-7-22(13-21)18-28-11-5-10-27-28/h3-11,13-14,19-20H,12,15-18H2,1-2H3,(H,26,30). The second-order valence-electron chi connectivity index (χ2n) is 9.00. The molecule has 33 heavy (non-hydrogen) atoms. The van der Waals surface area contributed by atoms with E-state index in [0.29, 0.717) is 43.6 Å². The molecule has 1 aliphatic rings. The third kappa shape index (κ3) is 5.69. The van der Waals surface area contributed by atoms with Crippen LogP contribution in [0.2, 0.25) is 0 Å². The molecule has 2 unspecified atom stereocenters. The molecule has 1 amide bonds. The van der Waals surface area contributed by atoms with Crippen LogP contribution >= 0.6 is 0 Å². The number of carbonyl (C=O) groups excluding carboxylic acids is 1. The summed E-state index contributed by atoms with van der Waals surface area (Å²) in [6.45, 7) is 6.18. The van der Waals surface area contributed by atoms with Crippen molar-refractivity contribution in [1.29, 1.82) is 0 Å². The number of hydrogen-bond acceptors (Lipinski definition) is 4. The first-order valence-electron chi connectivity index (χ1n) is 11.2. The molecule has 2 atom stereocenters. The third-order valence-corrected chi connectivity index (χ3v) is 7.75. The number of benzene rings is 2. The molecule has 1 aromatic heterocycles. The first-order chi connectivity index (χ1) is 15.8. The zero-order valence-electron chi connectivity index (χ0n) is 19.0. The van der Waals surface area contributed by atoms with Gasteiger partial charge in [-0.25, -0.2) is 8.42 Å². The molecular formula is C25H30N4O3S. The van der Waals surface area contributed by atoms with Gasteiger partial charge < -0.3 is 5.32 Å². The van der Waals surface area contributed by atoms with Crippen molar-refractivity contribution in [3.63, 3.8) is 0 Å². The zero-order chi connectivity index (χ0) is 23.4. The van der Waals surface area contributed by atoms with Crippen LogP contribution in [0.25, 0.3) is 0 Å². The topological polar surface area (TPSA) is 84.3 Å². The Morgan fingerprint density at radius 2 is 1.76 bits per heavy atom. The SMILES string of the molecule is CC1CC(C)CN(S(=O)(=O)c2cccc(C(=O)NCc3cccc(Cn4cccn4)c3)c2)C1. The van der Waals surface area contributed by atoms with E-state index in [9.17, 15) is 13.2 Å². The van der Waals surface area contributed by atoms with Gasteiger partial charge in [0.25, 0.3) is 5.91 Å². The Morgan fingerprint density at radius 1 is 1.03 bits per heavy atom. The van der Waals surface area contributed by atoms with Crippen LogP contribution < -0.4 is 5.32 Å². The van der Waals surface area contributed by atoms with Crippen molar-refractivity contribution in [2.24, 2.45) is 11.8 Å². The summed E-state index contributed by atoms with van der Waals surface area (Å²) >= 11 is 0. The summed E-state index contributed by atoms with van der Waals surface area (Å²) < 4.78 is 29.8. The fourth-order valence-corrected chi connectivity index (χ4v) is 6.18. The average Bonchev–Trinajstić information content (AvgIpc) is 3.30. The van der Waals surface area contributed by atoms with Crippen LogP contribution in [0.4, 0.5) is 0 Å². The molecule has 174 valence electrons. The van der Waals surface area contributed by atoms with Gasteiger partial charge in [-0.3, -0.25) is 9.48 Å². The minimum absolute atomic E-state index is 0.165. The molecule has 0 spiro atoms. The van der Waals surface area contributed by atoms with Gasteiger partial charge in [0, 0.05) is 37.6 Å². The number of nitrogens with one attached hydrogen (secondary N) is 1. The van der Waals surface area contributed by atoms with E-state index in [-0.39, 0.29) is 10.8 Å². The quantitative estimate of drug-likeness (QED) is 0.577. The van der Waals surface area contributed by atoms with E-state index < -0.39 is 10.0 Å². The summed E-state index contributed by atoms with van der Waals surface area (Å²) in [4.78, 5) is 12.9. The van der Waals surface area contributed by atoms with Gasteiger partial charge in [-0.1, -0.05) is 44.2 Å². The number of hydrogen-bond donors (Lipinski definition) is 1. The first-order valence-corrected chi connectivity index (χ1v) is 12.7. The normalized spacial score (nSPS) is 19.3. The van der Waals surface area contributed by atoms with Crippen LogP contribution in [-0.4, -0.2) is 41.5 Å². The lowest BCUT2D eigenvalue weighted by Crippen LogP contribution is -2.42. The Kier molecular flexibility index (Phi) is 6.95. The van der Waals surface area contributed by atoms with Gasteiger partial charge in [0.2, 0.25) is 10.0 Å². The van der Waals surface area contributed by atoms with E-state index in [0.717, 1.165) is 17.5 Å². The van der Waals surface area contributed by atoms with Gasteiger partial charge in [-0.05, 0) is 53.6 Å². The first kappa shape index (κ1) is 23.2. The Labute approximate surface area is 195 Å². The van der Waals surface area contributed by atoms with E-state index in [1.165, 1.54) is 6.07 Å². The second-order valence-corrected chi connectivity index (χ2v) is 10.9. The lowest BCUT2D eigenvalue weighted by atomic mass is 9.94. The summed E-state index contributed by atoms with van der Waals surface area (Å²) in [5, 5.41) is 7.12. The van der Waals surface area contributed by atoms with Gasteiger partial charge in [-0.2, -0.15) is 9.40 Å². The Bertz CT molecular complexity index is 1200. The maximum Gasteiger partial charge on any atom is 0.251 e. The van der Waals surface area contributed by atoms with Gasteiger partial charge in [0.05, 0.1) is 11.4 Å². The number of piperidine rings is 1. The highest BCUT2D eigenvalue weighted by molar-refractivity contribution is 7.89. The smallest absolute Gasteiger partial charge is 0.251 e. The molecule has 1 saturated heterocycles. The summed E-state index contributed by atoms with van der Waals surface area (Å²) in [6.07, 6.45) is 4.67. The average molecular weight is 467 g/mol. The summed E-state index contributed by atoms with van der Waals surface area (Å²) in [6, 6.07) is 16.1. The minimum atomic E-state index is -3.64. The van der Waals surface area contributed by atoms with Crippen LogP contribution in [0.1, 0.15) is 41.8 Å². The number of rotatable bonds is 7. The van der Waals surface area contributed by atoms with Crippen molar-refractivity contribution in [3.8, 4) is 0 Å². The number of nitrogens with zero attached hydrogens (tertiary/aromatic N) is 3. The molecule has 1 N–H and O–H groups in total. The molecule has 0 radical (unpaired) electrons. The predicted octanol–water partition coefficient (Wildman–Crippen LogP) is 3.53. The van der Waals surface area contributed by atoms with Crippen molar-refractivity contribution in [1.82, 2.24) is 19.4 Å². The highest BCUT2D eigenvalue weighted by Crippen LogP contribution is 2.27. The molecule has 1 aliphatic heterocycles. The number of aromatic nitrogens is 2. The van der Waals surface area contributed by atoms with Crippen molar-refractivity contribution in [2.45, 2.75) is 38.3 Å². The Hall–Kier alpha value is -2.97. The van der Waals surface area contributed by atoms with Crippen LogP contribution in [0.15, 0.2) is 71.9 Å². The van der Waals surface area contributed by atoms with Crippen LogP contribution in [0.5, 0.6) is 0 Å². The predicted molar refractivity (Wildman–Crippen MR) is 127 cm³/mol. The van der Waals surface area contributed by atoms with E-state index >= 15 is 0 Å². The summed E-state index contributed by atoms with van der Waals surface area (Å²) in [5.41, 5.74) is 2.39. The fraction of sp³-hybridized carbons (Fsp3) is 0.360. The molecule has 1 fully saturated rings. The summed E-state index contributed by atoms with van der Waals surface area (Å²) in [7, 11) is -3.64. The van der Waals surface area contributed by atoms with Gasteiger partial charge in [0.15, 0.2) is 0 Å². The maximum absolute atomic E-state index is 13.2. The monoisotopic (exact) mass is 466 g/mol. The highest BCUT2D eigenvalue weighted by Gasteiger charge is 2.31. The van der Waals surface area contributed by atoms with E-state index in [4.69, 9.17) is 0 Å². The molecule has 4 rings (SSSR count). The third-order valence-electron chi connectivity index (χ3n) is 5.92. The molecule has 0 bridgehead atoms. The number of carbonyl (C=O) groups is 1. The molecule has 2 heterocycles. The van der Waals surface area contributed by atoms with Crippen LogP contribution in [0.3, 0.4) is 0 Å². The second kappa shape index (κ2) is 9.89. The molecule has 0 aliphatic carbocycles. The van der Waals surface area contributed by atoms with Crippen LogP contribution in [-0.2, 0) is 23.1 Å². The number of sulfonamides is 1. The fourth-order valence-electron chi connectivity index (χ4n) is 4.45. The summed E-state index contributed by atoms with van der Waals surface area (Å²) in [5.74, 6) is 0.336. The van der Waals surface area contributed by atoms with Crippen molar-refractivity contribution in [3.05, 3.63) is 83.7 Å². The van der Waals surface area contributed by atoms with E-state index in [1.807, 2.05) is 41.2 Å². The molecule has 7 nitrogen and oxygen atoms in total.